The van der Waals surface area contributed by atoms with Gasteiger partial charge in [0.25, 0.3) is 0 Å². The first kappa shape index (κ1) is 11.7. The molecule has 86 valence electrons. The molecule has 2 rings (SSSR count). The van der Waals surface area contributed by atoms with Crippen LogP contribution in [-0.2, 0) is 13.5 Å². The molecule has 5 nitrogen and oxygen atoms in total. The highest BCUT2D eigenvalue weighted by Gasteiger charge is 2.16. The van der Waals surface area contributed by atoms with Crippen LogP contribution in [0.2, 0.25) is 0 Å². The Hall–Kier alpha value is -0.790. The second kappa shape index (κ2) is 5.03. The van der Waals surface area contributed by atoms with E-state index in [-0.39, 0.29) is 6.04 Å². The molecule has 0 aliphatic carbocycles. The molecule has 0 spiro atoms. The first-order chi connectivity index (χ1) is 7.70. The summed E-state index contributed by atoms with van der Waals surface area (Å²) in [5, 5.41) is 17.3. The first-order valence-corrected chi connectivity index (χ1v) is 6.51. The predicted octanol–water partition coefficient (Wildman–Crippen LogP) is 1.54. The normalized spacial score (nSPS) is 12.9. The summed E-state index contributed by atoms with van der Waals surface area (Å²) in [4.78, 5) is 2.74. The van der Waals surface area contributed by atoms with Gasteiger partial charge in [-0.05, 0) is 39.6 Å². The summed E-state index contributed by atoms with van der Waals surface area (Å²) < 4.78 is 1.13. The predicted molar refractivity (Wildman–Crippen MR) is 66.3 cm³/mol. The molecule has 2 aromatic rings. The molecule has 0 radical (unpaired) electrons. The number of halogens is 1. The van der Waals surface area contributed by atoms with Crippen molar-refractivity contribution in [3.05, 3.63) is 26.6 Å². The van der Waals surface area contributed by atoms with Crippen LogP contribution < -0.4 is 5.32 Å². The quantitative estimate of drug-likeness (QED) is 0.931. The van der Waals surface area contributed by atoms with Crippen LogP contribution in [-0.4, -0.2) is 27.3 Å². The molecule has 2 aromatic heterocycles. The van der Waals surface area contributed by atoms with Crippen molar-refractivity contribution < 1.29 is 0 Å². The van der Waals surface area contributed by atoms with Gasteiger partial charge in [0.1, 0.15) is 0 Å². The van der Waals surface area contributed by atoms with Crippen LogP contribution in [0.4, 0.5) is 0 Å². The summed E-state index contributed by atoms with van der Waals surface area (Å²) in [6.07, 6.45) is 0.740. The van der Waals surface area contributed by atoms with Crippen molar-refractivity contribution >= 4 is 27.3 Å². The van der Waals surface area contributed by atoms with Gasteiger partial charge in [0.05, 0.1) is 7.05 Å². The van der Waals surface area contributed by atoms with Gasteiger partial charge in [-0.2, -0.15) is 4.80 Å². The molecule has 16 heavy (non-hydrogen) atoms. The van der Waals surface area contributed by atoms with Gasteiger partial charge in [-0.3, -0.25) is 0 Å². The minimum atomic E-state index is 0.221. The lowest BCUT2D eigenvalue weighted by Gasteiger charge is -2.12. The van der Waals surface area contributed by atoms with Crippen molar-refractivity contribution in [3.63, 3.8) is 0 Å². The fourth-order valence-electron chi connectivity index (χ4n) is 1.47. The smallest absolute Gasteiger partial charge is 0.176 e. The fraction of sp³-hybridized carbons (Fsp3) is 0.444. The Morgan fingerprint density at radius 3 is 2.94 bits per heavy atom. The SMILES string of the molecule is CNC(Cc1nnn(C)n1)c1sccc1Br. The number of likely N-dealkylation sites (N-methyl/N-ethyl adjacent to an activating group) is 1. The third-order valence-corrected chi connectivity index (χ3v) is 4.23. The minimum absolute atomic E-state index is 0.221. The van der Waals surface area contributed by atoms with Crippen molar-refractivity contribution in [3.8, 4) is 0 Å². The van der Waals surface area contributed by atoms with E-state index in [4.69, 9.17) is 0 Å². The molecule has 2 heterocycles. The van der Waals surface area contributed by atoms with Gasteiger partial charge < -0.3 is 5.32 Å². The van der Waals surface area contributed by atoms with Gasteiger partial charge >= 0.3 is 0 Å². The van der Waals surface area contributed by atoms with E-state index in [9.17, 15) is 0 Å². The number of hydrogen-bond acceptors (Lipinski definition) is 5. The zero-order valence-corrected chi connectivity index (χ0v) is 11.4. The number of tetrazole rings is 1. The Morgan fingerprint density at radius 1 is 1.62 bits per heavy atom. The Bertz CT molecular complexity index is 466. The van der Waals surface area contributed by atoms with E-state index in [1.165, 1.54) is 9.67 Å². The minimum Gasteiger partial charge on any atom is -0.312 e. The fourth-order valence-corrected chi connectivity index (χ4v) is 3.23. The van der Waals surface area contributed by atoms with Gasteiger partial charge in [0, 0.05) is 21.8 Å². The van der Waals surface area contributed by atoms with Gasteiger partial charge in [-0.25, -0.2) is 0 Å². The van der Waals surface area contributed by atoms with E-state index in [1.54, 1.807) is 18.4 Å². The first-order valence-electron chi connectivity index (χ1n) is 4.83. The maximum atomic E-state index is 4.18. The Morgan fingerprint density at radius 2 is 2.44 bits per heavy atom. The molecule has 0 aliphatic rings. The molecule has 0 saturated heterocycles. The second-order valence-corrected chi connectivity index (χ2v) is 5.18. The van der Waals surface area contributed by atoms with Crippen LogP contribution in [0.25, 0.3) is 0 Å². The standard InChI is InChI=1S/C9H12BrN5S/c1-11-7(9-6(10)3-4-16-9)5-8-12-14-15(2)13-8/h3-4,7,11H,5H2,1-2H3. The Balaban J connectivity index is 2.15. The molecule has 1 unspecified atom stereocenters. The Kier molecular flexibility index (Phi) is 3.67. The number of rotatable bonds is 4. The molecule has 7 heteroatoms. The van der Waals surface area contributed by atoms with Crippen molar-refractivity contribution in [2.24, 2.45) is 7.05 Å². The van der Waals surface area contributed by atoms with Crippen molar-refractivity contribution in [1.29, 1.82) is 0 Å². The summed E-state index contributed by atoms with van der Waals surface area (Å²) in [6.45, 7) is 0. The zero-order chi connectivity index (χ0) is 11.5. The van der Waals surface area contributed by atoms with E-state index < -0.39 is 0 Å². The summed E-state index contributed by atoms with van der Waals surface area (Å²) in [7, 11) is 3.71. The highest BCUT2D eigenvalue weighted by molar-refractivity contribution is 9.10. The van der Waals surface area contributed by atoms with Crippen molar-refractivity contribution in [2.45, 2.75) is 12.5 Å². The van der Waals surface area contributed by atoms with Crippen LogP contribution in [0.3, 0.4) is 0 Å². The van der Waals surface area contributed by atoms with E-state index in [2.05, 4.69) is 48.1 Å². The zero-order valence-electron chi connectivity index (χ0n) is 9.01. The van der Waals surface area contributed by atoms with Crippen LogP contribution in [0.1, 0.15) is 16.7 Å². The largest absolute Gasteiger partial charge is 0.312 e. The number of aromatic nitrogens is 4. The average Bonchev–Trinajstić information content (AvgIpc) is 2.84. The highest BCUT2D eigenvalue weighted by atomic mass is 79.9. The number of nitrogens with one attached hydrogen (secondary N) is 1. The molecular formula is C9H12BrN5S. The highest BCUT2D eigenvalue weighted by Crippen LogP contribution is 2.30. The molecule has 0 bridgehead atoms. The molecule has 1 atom stereocenters. The van der Waals surface area contributed by atoms with E-state index in [0.29, 0.717) is 0 Å². The Labute approximate surface area is 106 Å². The molecule has 1 N–H and O–H groups in total. The van der Waals surface area contributed by atoms with Crippen molar-refractivity contribution in [1.82, 2.24) is 25.5 Å². The second-order valence-electron chi connectivity index (χ2n) is 3.37. The number of nitrogens with zero attached hydrogens (tertiary/aromatic N) is 4. The number of hydrogen-bond donors (Lipinski definition) is 1. The maximum absolute atomic E-state index is 4.18. The summed E-state index contributed by atoms with van der Waals surface area (Å²) in [5.74, 6) is 0.752. The number of aryl methyl sites for hydroxylation is 1. The van der Waals surface area contributed by atoms with E-state index >= 15 is 0 Å². The molecule has 0 aromatic carbocycles. The lowest BCUT2D eigenvalue weighted by Crippen LogP contribution is -2.18. The van der Waals surface area contributed by atoms with E-state index in [0.717, 1.165) is 16.7 Å². The van der Waals surface area contributed by atoms with Crippen LogP contribution in [0.5, 0.6) is 0 Å². The molecule has 0 amide bonds. The lowest BCUT2D eigenvalue weighted by molar-refractivity contribution is 0.577. The summed E-state index contributed by atoms with van der Waals surface area (Å²) in [6, 6.07) is 2.27. The molecular weight excluding hydrogens is 290 g/mol. The van der Waals surface area contributed by atoms with Crippen LogP contribution in [0, 0.1) is 0 Å². The van der Waals surface area contributed by atoms with Gasteiger partial charge in [0.15, 0.2) is 5.82 Å². The van der Waals surface area contributed by atoms with Gasteiger partial charge in [-0.15, -0.1) is 21.5 Å². The van der Waals surface area contributed by atoms with Crippen LogP contribution >= 0.6 is 27.3 Å². The monoisotopic (exact) mass is 301 g/mol. The van der Waals surface area contributed by atoms with E-state index in [1.807, 2.05) is 7.05 Å². The maximum Gasteiger partial charge on any atom is 0.176 e. The summed E-state index contributed by atoms with van der Waals surface area (Å²) in [5.41, 5.74) is 0. The molecule has 0 aliphatic heterocycles. The van der Waals surface area contributed by atoms with Crippen LogP contribution in [0.15, 0.2) is 15.9 Å². The topological polar surface area (TPSA) is 55.6 Å². The third-order valence-electron chi connectivity index (χ3n) is 2.25. The third kappa shape index (κ3) is 2.47. The summed E-state index contributed by atoms with van der Waals surface area (Å²) >= 11 is 5.25. The number of thiophene rings is 1. The average molecular weight is 302 g/mol. The molecule has 0 saturated carbocycles. The van der Waals surface area contributed by atoms with Crippen molar-refractivity contribution in [2.75, 3.05) is 7.05 Å². The van der Waals surface area contributed by atoms with Gasteiger partial charge in [-0.1, -0.05) is 0 Å². The van der Waals surface area contributed by atoms with Gasteiger partial charge in [0.2, 0.25) is 0 Å². The lowest BCUT2D eigenvalue weighted by atomic mass is 10.1. The molecule has 0 fully saturated rings.